The number of rotatable bonds is 3. The highest BCUT2D eigenvalue weighted by Crippen LogP contribution is 2.32. The van der Waals surface area contributed by atoms with Crippen molar-refractivity contribution in [3.63, 3.8) is 0 Å². The van der Waals surface area contributed by atoms with Crippen molar-refractivity contribution in [1.82, 2.24) is 15.2 Å². The number of aromatic nitrogens is 1. The van der Waals surface area contributed by atoms with Gasteiger partial charge in [0.25, 0.3) is 0 Å². The number of nitrogens with zero attached hydrogens (tertiary/aromatic N) is 2. The summed E-state index contributed by atoms with van der Waals surface area (Å²) >= 11 is 0. The second kappa shape index (κ2) is 8.49. The van der Waals surface area contributed by atoms with Crippen LogP contribution in [0.25, 0.3) is 0 Å². The van der Waals surface area contributed by atoms with Crippen molar-refractivity contribution in [3.05, 3.63) is 30.1 Å². The summed E-state index contributed by atoms with van der Waals surface area (Å²) < 4.78 is 0. The van der Waals surface area contributed by atoms with E-state index in [1.54, 1.807) is 6.20 Å². The molecule has 1 aromatic heterocycles. The van der Waals surface area contributed by atoms with Gasteiger partial charge in [0.2, 0.25) is 5.91 Å². The van der Waals surface area contributed by atoms with Gasteiger partial charge in [0.05, 0.1) is 6.04 Å². The zero-order chi connectivity index (χ0) is 14.5. The molecule has 1 amide bonds. The molecule has 4 nitrogen and oxygen atoms in total. The van der Waals surface area contributed by atoms with E-state index >= 15 is 0 Å². The van der Waals surface area contributed by atoms with Crippen LogP contribution in [-0.2, 0) is 4.79 Å². The van der Waals surface area contributed by atoms with Crippen LogP contribution in [0, 0.1) is 5.92 Å². The fourth-order valence-electron chi connectivity index (χ4n) is 3.60. The van der Waals surface area contributed by atoms with Crippen LogP contribution >= 0.6 is 12.4 Å². The van der Waals surface area contributed by atoms with E-state index in [4.69, 9.17) is 0 Å². The summed E-state index contributed by atoms with van der Waals surface area (Å²) in [6.45, 7) is 3.03. The second-order valence-electron chi connectivity index (χ2n) is 6.28. The average molecular weight is 324 g/mol. The predicted octanol–water partition coefficient (Wildman–Crippen LogP) is 2.95. The highest BCUT2D eigenvalue weighted by atomic mass is 35.5. The minimum atomic E-state index is 0. The molecule has 1 aromatic rings. The molecule has 22 heavy (non-hydrogen) atoms. The highest BCUT2D eigenvalue weighted by molar-refractivity contribution is 5.85. The van der Waals surface area contributed by atoms with Gasteiger partial charge in [0.1, 0.15) is 0 Å². The van der Waals surface area contributed by atoms with Crippen molar-refractivity contribution in [2.45, 2.75) is 44.6 Å². The van der Waals surface area contributed by atoms with Crippen LogP contribution in [0.1, 0.15) is 50.1 Å². The molecule has 3 rings (SSSR count). The van der Waals surface area contributed by atoms with Crippen LogP contribution < -0.4 is 5.32 Å². The summed E-state index contributed by atoms with van der Waals surface area (Å²) in [5.41, 5.74) is 1.19. The number of hydrogen-bond acceptors (Lipinski definition) is 3. The summed E-state index contributed by atoms with van der Waals surface area (Å²) in [6, 6.07) is 4.31. The lowest BCUT2D eigenvalue weighted by atomic mass is 9.91. The second-order valence-corrected chi connectivity index (χ2v) is 6.28. The van der Waals surface area contributed by atoms with Crippen molar-refractivity contribution in [3.8, 4) is 0 Å². The van der Waals surface area contributed by atoms with E-state index in [-0.39, 0.29) is 18.4 Å². The van der Waals surface area contributed by atoms with Crippen molar-refractivity contribution in [2.24, 2.45) is 5.92 Å². The van der Waals surface area contributed by atoms with Crippen LogP contribution in [0.5, 0.6) is 0 Å². The minimum Gasteiger partial charge on any atom is -0.336 e. The fraction of sp³-hybridized carbons (Fsp3) is 0.647. The lowest BCUT2D eigenvalue weighted by Crippen LogP contribution is -2.40. The monoisotopic (exact) mass is 323 g/mol. The third kappa shape index (κ3) is 4.20. The molecule has 5 heteroatoms. The Morgan fingerprint density at radius 1 is 1.27 bits per heavy atom. The number of carbonyl (C=O) groups excluding carboxylic acids is 1. The first-order chi connectivity index (χ1) is 10.3. The molecule has 0 aliphatic carbocycles. The Labute approximate surface area is 139 Å². The van der Waals surface area contributed by atoms with E-state index in [1.165, 1.54) is 12.0 Å². The van der Waals surface area contributed by atoms with Crippen LogP contribution in [0.15, 0.2) is 24.5 Å². The van der Waals surface area contributed by atoms with E-state index in [1.807, 2.05) is 12.3 Å². The van der Waals surface area contributed by atoms with Gasteiger partial charge in [0, 0.05) is 25.4 Å². The predicted molar refractivity (Wildman–Crippen MR) is 90.0 cm³/mol. The highest BCUT2D eigenvalue weighted by Gasteiger charge is 2.29. The van der Waals surface area contributed by atoms with Crippen molar-refractivity contribution in [2.75, 3.05) is 19.6 Å². The van der Waals surface area contributed by atoms with Gasteiger partial charge in [-0.15, -0.1) is 12.4 Å². The van der Waals surface area contributed by atoms with Gasteiger partial charge in [0.15, 0.2) is 0 Å². The molecule has 0 saturated carbocycles. The maximum Gasteiger partial charge on any atom is 0.223 e. The maximum atomic E-state index is 12.7. The van der Waals surface area contributed by atoms with Crippen LogP contribution in [0.2, 0.25) is 0 Å². The number of likely N-dealkylation sites (tertiary alicyclic amines) is 1. The van der Waals surface area contributed by atoms with E-state index in [9.17, 15) is 4.79 Å². The molecule has 0 radical (unpaired) electrons. The SMILES string of the molecule is Cl.O=C(CC1CCNCC1)N1CCCCC1c1cccnc1. The Balaban J connectivity index is 0.00000176. The minimum absolute atomic E-state index is 0. The molecule has 0 bridgehead atoms. The first kappa shape index (κ1) is 17.2. The molecule has 1 unspecified atom stereocenters. The molecule has 2 aliphatic heterocycles. The Morgan fingerprint density at radius 2 is 2.09 bits per heavy atom. The normalized spacial score (nSPS) is 22.9. The Morgan fingerprint density at radius 3 is 2.82 bits per heavy atom. The number of amides is 1. The van der Waals surface area contributed by atoms with Gasteiger partial charge < -0.3 is 10.2 Å². The Bertz CT molecular complexity index is 462. The third-order valence-corrected chi connectivity index (χ3v) is 4.81. The summed E-state index contributed by atoms with van der Waals surface area (Å²) in [5, 5.41) is 3.37. The molecule has 0 spiro atoms. The lowest BCUT2D eigenvalue weighted by molar-refractivity contribution is -0.136. The zero-order valence-electron chi connectivity index (χ0n) is 13.0. The van der Waals surface area contributed by atoms with Crippen molar-refractivity contribution in [1.29, 1.82) is 0 Å². The summed E-state index contributed by atoms with van der Waals surface area (Å²) in [7, 11) is 0. The largest absolute Gasteiger partial charge is 0.336 e. The van der Waals surface area contributed by atoms with Crippen LogP contribution in [0.3, 0.4) is 0 Å². The zero-order valence-corrected chi connectivity index (χ0v) is 13.9. The Hall–Kier alpha value is -1.13. The quantitative estimate of drug-likeness (QED) is 0.930. The molecule has 122 valence electrons. The van der Waals surface area contributed by atoms with Gasteiger partial charge in [-0.2, -0.15) is 0 Å². The van der Waals surface area contributed by atoms with E-state index in [2.05, 4.69) is 21.3 Å². The molecular formula is C17H26ClN3O. The Kier molecular flexibility index (Phi) is 6.65. The third-order valence-electron chi connectivity index (χ3n) is 4.81. The molecule has 2 fully saturated rings. The molecule has 1 atom stereocenters. The van der Waals surface area contributed by atoms with Gasteiger partial charge >= 0.3 is 0 Å². The number of halogens is 1. The van der Waals surface area contributed by atoms with Gasteiger partial charge in [-0.1, -0.05) is 6.07 Å². The molecule has 3 heterocycles. The van der Waals surface area contributed by atoms with E-state index < -0.39 is 0 Å². The molecule has 2 saturated heterocycles. The number of piperidine rings is 2. The van der Waals surface area contributed by atoms with Crippen LogP contribution in [-0.4, -0.2) is 35.4 Å². The van der Waals surface area contributed by atoms with E-state index in [0.717, 1.165) is 51.7 Å². The molecule has 0 aromatic carbocycles. The van der Waals surface area contributed by atoms with Gasteiger partial charge in [-0.05, 0) is 62.7 Å². The summed E-state index contributed by atoms with van der Waals surface area (Å²) in [6.07, 6.45) is 10.1. The number of hydrogen-bond donors (Lipinski definition) is 1. The summed E-state index contributed by atoms with van der Waals surface area (Å²) in [4.78, 5) is 19.1. The lowest BCUT2D eigenvalue weighted by Gasteiger charge is -2.37. The van der Waals surface area contributed by atoms with Crippen molar-refractivity contribution >= 4 is 18.3 Å². The first-order valence-corrected chi connectivity index (χ1v) is 8.24. The molecular weight excluding hydrogens is 298 g/mol. The number of nitrogens with one attached hydrogen (secondary N) is 1. The first-order valence-electron chi connectivity index (χ1n) is 8.24. The topological polar surface area (TPSA) is 45.2 Å². The average Bonchev–Trinajstić information content (AvgIpc) is 2.56. The number of carbonyl (C=O) groups is 1. The van der Waals surface area contributed by atoms with Gasteiger partial charge in [-0.3, -0.25) is 9.78 Å². The summed E-state index contributed by atoms with van der Waals surface area (Å²) in [5.74, 6) is 0.908. The smallest absolute Gasteiger partial charge is 0.223 e. The molecule has 1 N–H and O–H groups in total. The maximum absolute atomic E-state index is 12.7. The van der Waals surface area contributed by atoms with E-state index in [0.29, 0.717) is 11.8 Å². The van der Waals surface area contributed by atoms with Crippen molar-refractivity contribution < 1.29 is 4.79 Å². The number of pyridine rings is 1. The van der Waals surface area contributed by atoms with Gasteiger partial charge in [-0.25, -0.2) is 0 Å². The molecule has 2 aliphatic rings. The fourth-order valence-corrected chi connectivity index (χ4v) is 3.60. The van der Waals surface area contributed by atoms with Crippen LogP contribution in [0.4, 0.5) is 0 Å². The standard InChI is InChI=1S/C17H25N3O.ClH/c21-17(12-14-6-9-18-10-7-14)20-11-2-1-5-16(20)15-4-3-8-19-13-15;/h3-4,8,13-14,16,18H,1-2,5-7,9-12H2;1H.